The molecule has 0 aromatic rings. The van der Waals surface area contributed by atoms with E-state index in [9.17, 15) is 0 Å². The summed E-state index contributed by atoms with van der Waals surface area (Å²) < 4.78 is 3.61. The fourth-order valence-electron chi connectivity index (χ4n) is 6.76. The summed E-state index contributed by atoms with van der Waals surface area (Å²) in [5.41, 5.74) is 0.307. The summed E-state index contributed by atoms with van der Waals surface area (Å²) in [5.74, 6) is 0. The third kappa shape index (κ3) is 23.3. The van der Waals surface area contributed by atoms with Crippen LogP contribution in [-0.2, 0) is 0 Å². The van der Waals surface area contributed by atoms with Crippen molar-refractivity contribution in [1.82, 2.24) is 0 Å². The van der Waals surface area contributed by atoms with Gasteiger partial charge in [0.05, 0.1) is 80.0 Å². The topological polar surface area (TPSA) is 0 Å². The van der Waals surface area contributed by atoms with Crippen LogP contribution in [0, 0.1) is 0 Å². The Morgan fingerprint density at radius 2 is 0.548 bits per heavy atom. The molecule has 0 atom stereocenters. The standard InChI is InChI=1S/C39H86N3/c1-11-13-15-17-19-21-23-25-27-29-33-40(6,7)35-31-37-42(10,39(3,4)5)38-32-36-41(8,9)34-30-28-26-24-22-20-18-16-14-12-2/h11-38H2,1-10H3/q+3. The lowest BCUT2D eigenvalue weighted by atomic mass is 10.0. The van der Waals surface area contributed by atoms with Gasteiger partial charge in [-0.1, -0.05) is 117 Å². The van der Waals surface area contributed by atoms with E-state index < -0.39 is 0 Å². The first-order chi connectivity index (χ1) is 19.8. The summed E-state index contributed by atoms with van der Waals surface area (Å²) in [6.45, 7) is 20.0. The summed E-state index contributed by atoms with van der Waals surface area (Å²) >= 11 is 0. The maximum Gasteiger partial charge on any atom is 0.0905 e. The van der Waals surface area contributed by atoms with Crippen LogP contribution in [0.25, 0.3) is 0 Å². The Morgan fingerprint density at radius 3 is 0.810 bits per heavy atom. The molecule has 0 aliphatic heterocycles. The van der Waals surface area contributed by atoms with Crippen molar-refractivity contribution < 1.29 is 13.4 Å². The Hall–Kier alpha value is -0.120. The van der Waals surface area contributed by atoms with Gasteiger partial charge < -0.3 is 13.4 Å². The largest absolute Gasteiger partial charge is 0.328 e. The highest BCUT2D eigenvalue weighted by atomic mass is 15.4. The van der Waals surface area contributed by atoms with Crippen LogP contribution in [0.1, 0.15) is 176 Å². The van der Waals surface area contributed by atoms with Gasteiger partial charge in [-0.2, -0.15) is 0 Å². The van der Waals surface area contributed by atoms with Crippen LogP contribution in [0.15, 0.2) is 0 Å². The molecule has 0 unspecified atom stereocenters. The summed E-state index contributed by atoms with van der Waals surface area (Å²) in [4.78, 5) is 0. The summed E-state index contributed by atoms with van der Waals surface area (Å²) in [7, 11) is 12.4. The van der Waals surface area contributed by atoms with Crippen molar-refractivity contribution in [2.75, 3.05) is 74.5 Å². The molecule has 0 aliphatic rings. The van der Waals surface area contributed by atoms with E-state index in [2.05, 4.69) is 69.9 Å². The van der Waals surface area contributed by atoms with Gasteiger partial charge in [-0.05, 0) is 46.5 Å². The number of hydrogen-bond donors (Lipinski definition) is 0. The maximum atomic E-state index is 2.55. The normalized spacial score (nSPS) is 13.3. The highest BCUT2D eigenvalue weighted by molar-refractivity contribution is 4.63. The predicted molar refractivity (Wildman–Crippen MR) is 192 cm³/mol. The van der Waals surface area contributed by atoms with Gasteiger partial charge in [0.1, 0.15) is 0 Å². The second-order valence-corrected chi connectivity index (χ2v) is 16.9. The van der Waals surface area contributed by atoms with Crippen molar-refractivity contribution in [1.29, 1.82) is 0 Å². The third-order valence-corrected chi connectivity index (χ3v) is 10.7. The molecule has 0 saturated heterocycles. The van der Waals surface area contributed by atoms with Gasteiger partial charge in [-0.25, -0.2) is 0 Å². The molecule has 3 nitrogen and oxygen atoms in total. The number of unbranched alkanes of at least 4 members (excludes halogenated alkanes) is 18. The van der Waals surface area contributed by atoms with Crippen LogP contribution in [0.2, 0.25) is 0 Å². The van der Waals surface area contributed by atoms with Gasteiger partial charge in [0.2, 0.25) is 0 Å². The molecule has 0 radical (unpaired) electrons. The van der Waals surface area contributed by atoms with Crippen molar-refractivity contribution in [3.63, 3.8) is 0 Å². The molecule has 0 saturated carbocycles. The SMILES string of the molecule is CCCCCCCCCCCC[N+](C)(C)CCC[N+](C)(CCC[N+](C)(C)CCCCCCCCCCCC)C(C)(C)C. The zero-order valence-electron chi connectivity index (χ0n) is 31.6. The van der Waals surface area contributed by atoms with E-state index >= 15 is 0 Å². The van der Waals surface area contributed by atoms with Gasteiger partial charge in [-0.3, -0.25) is 0 Å². The van der Waals surface area contributed by atoms with Crippen molar-refractivity contribution in [2.24, 2.45) is 0 Å². The maximum absolute atomic E-state index is 2.55. The Labute approximate surface area is 269 Å². The molecule has 0 aromatic carbocycles. The van der Waals surface area contributed by atoms with Crippen molar-refractivity contribution in [3.8, 4) is 0 Å². The van der Waals surface area contributed by atoms with Gasteiger partial charge in [0.25, 0.3) is 0 Å². The van der Waals surface area contributed by atoms with Crippen LogP contribution >= 0.6 is 0 Å². The van der Waals surface area contributed by atoms with Gasteiger partial charge in [0.15, 0.2) is 0 Å². The molecule has 42 heavy (non-hydrogen) atoms. The summed E-state index contributed by atoms with van der Waals surface area (Å²) in [6, 6.07) is 0. The van der Waals surface area contributed by atoms with E-state index in [1.54, 1.807) is 0 Å². The summed E-state index contributed by atoms with van der Waals surface area (Å²) in [6.07, 6.45) is 31.4. The first-order valence-electron chi connectivity index (χ1n) is 19.3. The molecule has 0 fully saturated rings. The fourth-order valence-corrected chi connectivity index (χ4v) is 6.76. The minimum atomic E-state index is 0.307. The number of quaternary nitrogens is 3. The zero-order chi connectivity index (χ0) is 31.8. The second kappa shape index (κ2) is 24.2. The first-order valence-corrected chi connectivity index (χ1v) is 19.3. The second-order valence-electron chi connectivity index (χ2n) is 16.9. The lowest BCUT2D eigenvalue weighted by molar-refractivity contribution is -0.962. The smallest absolute Gasteiger partial charge is 0.0905 e. The predicted octanol–water partition coefficient (Wildman–Crippen LogP) is 11.0. The fraction of sp³-hybridized carbons (Fsp3) is 1.00. The highest BCUT2D eigenvalue weighted by Crippen LogP contribution is 2.24. The van der Waals surface area contributed by atoms with Crippen LogP contribution in [0.3, 0.4) is 0 Å². The van der Waals surface area contributed by atoms with Crippen LogP contribution in [0.5, 0.6) is 0 Å². The van der Waals surface area contributed by atoms with E-state index in [4.69, 9.17) is 0 Å². The third-order valence-electron chi connectivity index (χ3n) is 10.7. The number of rotatable bonds is 30. The molecular formula is C39H86N3+3. The first kappa shape index (κ1) is 41.9. The molecule has 0 bridgehead atoms. The van der Waals surface area contributed by atoms with Crippen molar-refractivity contribution >= 4 is 0 Å². The van der Waals surface area contributed by atoms with Crippen LogP contribution in [-0.4, -0.2) is 93.5 Å². The minimum absolute atomic E-state index is 0.307. The van der Waals surface area contributed by atoms with Crippen LogP contribution in [0.4, 0.5) is 0 Å². The molecule has 3 heteroatoms. The van der Waals surface area contributed by atoms with E-state index in [-0.39, 0.29) is 0 Å². The Bertz CT molecular complexity index is 547. The molecule has 0 aliphatic carbocycles. The van der Waals surface area contributed by atoms with E-state index in [0.717, 1.165) is 0 Å². The molecule has 0 N–H and O–H groups in total. The Morgan fingerprint density at radius 1 is 0.310 bits per heavy atom. The molecule has 0 spiro atoms. The Kier molecular flexibility index (Phi) is 24.1. The van der Waals surface area contributed by atoms with Gasteiger partial charge in [0, 0.05) is 12.8 Å². The molecule has 0 heterocycles. The monoisotopic (exact) mass is 597 g/mol. The van der Waals surface area contributed by atoms with E-state index in [1.165, 1.54) is 194 Å². The van der Waals surface area contributed by atoms with Crippen molar-refractivity contribution in [3.05, 3.63) is 0 Å². The average molecular weight is 597 g/mol. The number of hydrogen-bond acceptors (Lipinski definition) is 0. The molecule has 254 valence electrons. The molecule has 0 amide bonds. The van der Waals surface area contributed by atoms with Gasteiger partial charge >= 0.3 is 0 Å². The lowest BCUT2D eigenvalue weighted by Crippen LogP contribution is -2.59. The molecule has 0 rings (SSSR count). The van der Waals surface area contributed by atoms with E-state index in [1.807, 2.05) is 0 Å². The average Bonchev–Trinajstić information content (AvgIpc) is 2.90. The molecule has 0 aromatic heterocycles. The number of nitrogens with zero attached hydrogens (tertiary/aromatic N) is 3. The lowest BCUT2D eigenvalue weighted by Gasteiger charge is -2.47. The van der Waals surface area contributed by atoms with Gasteiger partial charge in [-0.15, -0.1) is 0 Å². The highest BCUT2D eigenvalue weighted by Gasteiger charge is 2.36. The Balaban J connectivity index is 4.22. The molecular weight excluding hydrogens is 510 g/mol. The van der Waals surface area contributed by atoms with Crippen molar-refractivity contribution in [2.45, 2.75) is 181 Å². The zero-order valence-corrected chi connectivity index (χ0v) is 31.6. The summed E-state index contributed by atoms with van der Waals surface area (Å²) in [5, 5.41) is 0. The van der Waals surface area contributed by atoms with E-state index in [0.29, 0.717) is 5.54 Å². The quantitative estimate of drug-likeness (QED) is 0.0571. The minimum Gasteiger partial charge on any atom is -0.328 e. The van der Waals surface area contributed by atoms with Crippen LogP contribution < -0.4 is 0 Å².